The number of urea groups is 1. The number of nitrogens with zero attached hydrogens (tertiary/aromatic N) is 4. The molecule has 1 heterocycles. The molecule has 27 heavy (non-hydrogen) atoms. The number of anilines is 3. The lowest BCUT2D eigenvalue weighted by Gasteiger charge is -2.14. The van der Waals surface area contributed by atoms with Crippen LogP contribution in [-0.2, 0) is 4.84 Å². The maximum absolute atomic E-state index is 11.3. The minimum absolute atomic E-state index is 0.196. The highest BCUT2D eigenvalue weighted by Crippen LogP contribution is 2.14. The third kappa shape index (κ3) is 8.85. The summed E-state index contributed by atoms with van der Waals surface area (Å²) in [6.07, 6.45) is 0. The van der Waals surface area contributed by atoms with Crippen LogP contribution in [0.5, 0.6) is 0 Å². The maximum atomic E-state index is 11.3. The summed E-state index contributed by atoms with van der Waals surface area (Å²) < 4.78 is 0.968. The molecule has 148 valence electrons. The zero-order chi connectivity index (χ0) is 20.2. The predicted octanol–water partition coefficient (Wildman–Crippen LogP) is 3.86. The first kappa shape index (κ1) is 22.9. The number of carbonyl (C=O) groups excluding carboxylic acids is 1. The van der Waals surface area contributed by atoms with Gasteiger partial charge in [0.2, 0.25) is 17.2 Å². The fourth-order valence-electron chi connectivity index (χ4n) is 1.64. The first-order chi connectivity index (χ1) is 12.9. The van der Waals surface area contributed by atoms with Gasteiger partial charge >= 0.3 is 6.03 Å². The predicted molar refractivity (Wildman–Crippen MR) is 111 cm³/mol. The molecule has 0 unspecified atom stereocenters. The van der Waals surface area contributed by atoms with Crippen molar-refractivity contribution in [3.63, 3.8) is 0 Å². The minimum atomic E-state index is -0.310. The van der Waals surface area contributed by atoms with Crippen LogP contribution in [0.1, 0.15) is 13.8 Å². The van der Waals surface area contributed by atoms with E-state index in [2.05, 4.69) is 46.8 Å². The molecule has 2 amide bonds. The summed E-state index contributed by atoms with van der Waals surface area (Å²) in [7, 11) is 2.97. The molecule has 0 fully saturated rings. The van der Waals surface area contributed by atoms with Crippen molar-refractivity contribution in [1.29, 1.82) is 0 Å². The Balaban J connectivity index is 0.000000271. The average molecular weight is 461 g/mol. The van der Waals surface area contributed by atoms with Gasteiger partial charge in [-0.3, -0.25) is 4.84 Å². The summed E-state index contributed by atoms with van der Waals surface area (Å²) in [5.41, 5.74) is 0.724. The molecule has 0 saturated heterocycles. The van der Waals surface area contributed by atoms with Crippen molar-refractivity contribution in [2.45, 2.75) is 13.8 Å². The highest BCUT2D eigenvalue weighted by atomic mass is 79.9. The summed E-state index contributed by atoms with van der Waals surface area (Å²) >= 11 is 8.99. The zero-order valence-corrected chi connectivity index (χ0v) is 17.9. The SMILES string of the molecule is CCNc1nc(Cl)nc(NCC)n1.CON(C)C(=O)Nc1ccc(Br)cc1. The molecule has 0 bridgehead atoms. The highest BCUT2D eigenvalue weighted by Gasteiger charge is 2.06. The molecule has 0 saturated carbocycles. The molecular weight excluding hydrogens is 438 g/mol. The second-order valence-electron chi connectivity index (χ2n) is 4.93. The van der Waals surface area contributed by atoms with E-state index in [1.165, 1.54) is 14.2 Å². The molecule has 0 aliphatic rings. The van der Waals surface area contributed by atoms with Crippen LogP contribution in [-0.4, -0.2) is 53.3 Å². The summed E-state index contributed by atoms with van der Waals surface area (Å²) in [6, 6.07) is 6.98. The Morgan fingerprint density at radius 1 is 1.11 bits per heavy atom. The molecule has 0 aliphatic carbocycles. The smallest absolute Gasteiger partial charge is 0.345 e. The topological polar surface area (TPSA) is 104 Å². The van der Waals surface area contributed by atoms with Crippen molar-refractivity contribution < 1.29 is 9.63 Å². The summed E-state index contributed by atoms with van der Waals surface area (Å²) in [6.45, 7) is 5.44. The van der Waals surface area contributed by atoms with Gasteiger partial charge in [0.05, 0.1) is 7.11 Å². The number of benzene rings is 1. The van der Waals surface area contributed by atoms with Crippen LogP contribution in [0.2, 0.25) is 5.28 Å². The first-order valence-corrected chi connectivity index (χ1v) is 9.30. The number of amides is 2. The Morgan fingerprint density at radius 2 is 1.63 bits per heavy atom. The van der Waals surface area contributed by atoms with Crippen LogP contribution >= 0.6 is 27.5 Å². The fourth-order valence-corrected chi connectivity index (χ4v) is 2.07. The number of hydroxylamine groups is 2. The average Bonchev–Trinajstić information content (AvgIpc) is 2.63. The third-order valence-corrected chi connectivity index (χ3v) is 3.63. The molecular formula is C16H23BrClN7O2. The van der Waals surface area contributed by atoms with E-state index in [9.17, 15) is 4.79 Å². The molecule has 9 nitrogen and oxygen atoms in total. The van der Waals surface area contributed by atoms with Gasteiger partial charge < -0.3 is 16.0 Å². The molecule has 2 rings (SSSR count). The van der Waals surface area contributed by atoms with E-state index in [1.807, 2.05) is 26.0 Å². The number of halogens is 2. The second kappa shape index (κ2) is 12.3. The number of hydrogen-bond donors (Lipinski definition) is 3. The van der Waals surface area contributed by atoms with Gasteiger partial charge in [-0.1, -0.05) is 15.9 Å². The molecule has 3 N–H and O–H groups in total. The Bertz CT molecular complexity index is 694. The lowest BCUT2D eigenvalue weighted by Crippen LogP contribution is -2.30. The Hall–Kier alpha value is -2.17. The highest BCUT2D eigenvalue weighted by molar-refractivity contribution is 9.10. The molecule has 11 heteroatoms. The van der Waals surface area contributed by atoms with Gasteiger partial charge in [-0.2, -0.15) is 15.0 Å². The van der Waals surface area contributed by atoms with Crippen LogP contribution < -0.4 is 16.0 Å². The molecule has 0 spiro atoms. The molecule has 0 atom stereocenters. The maximum Gasteiger partial charge on any atom is 0.345 e. The van der Waals surface area contributed by atoms with Crippen LogP contribution in [0.25, 0.3) is 0 Å². The van der Waals surface area contributed by atoms with Crippen LogP contribution in [0.4, 0.5) is 22.4 Å². The Morgan fingerprint density at radius 3 is 2.07 bits per heavy atom. The number of nitrogens with one attached hydrogen (secondary N) is 3. The van der Waals surface area contributed by atoms with Crippen molar-refractivity contribution >= 4 is 51.1 Å². The molecule has 2 aromatic rings. The zero-order valence-electron chi connectivity index (χ0n) is 15.6. The van der Waals surface area contributed by atoms with E-state index in [0.717, 1.165) is 28.3 Å². The third-order valence-electron chi connectivity index (χ3n) is 2.93. The van der Waals surface area contributed by atoms with E-state index in [-0.39, 0.29) is 11.3 Å². The fraction of sp³-hybridized carbons (Fsp3) is 0.375. The van der Waals surface area contributed by atoms with E-state index in [1.54, 1.807) is 12.1 Å². The number of carbonyl (C=O) groups is 1. The summed E-state index contributed by atoms with van der Waals surface area (Å²) in [4.78, 5) is 27.9. The summed E-state index contributed by atoms with van der Waals surface area (Å²) in [5.74, 6) is 0.997. The Kier molecular flexibility index (Phi) is 10.4. The molecule has 0 aliphatic heterocycles. The largest absolute Gasteiger partial charge is 0.354 e. The van der Waals surface area contributed by atoms with Gasteiger partial charge in [-0.25, -0.2) is 9.86 Å². The molecule has 1 aromatic heterocycles. The lowest BCUT2D eigenvalue weighted by molar-refractivity contribution is -0.0598. The van der Waals surface area contributed by atoms with Crippen LogP contribution in [0, 0.1) is 0 Å². The normalized spacial score (nSPS) is 9.70. The monoisotopic (exact) mass is 459 g/mol. The van der Waals surface area contributed by atoms with Gasteiger partial charge in [0, 0.05) is 30.3 Å². The van der Waals surface area contributed by atoms with Gasteiger partial charge in [0.1, 0.15) is 0 Å². The second-order valence-corrected chi connectivity index (χ2v) is 6.18. The molecule has 1 aromatic carbocycles. The first-order valence-electron chi connectivity index (χ1n) is 8.13. The van der Waals surface area contributed by atoms with Crippen molar-refractivity contribution in [3.05, 3.63) is 34.0 Å². The van der Waals surface area contributed by atoms with Gasteiger partial charge in [-0.05, 0) is 49.7 Å². The van der Waals surface area contributed by atoms with Gasteiger partial charge in [0.25, 0.3) is 0 Å². The van der Waals surface area contributed by atoms with E-state index in [4.69, 9.17) is 16.4 Å². The van der Waals surface area contributed by atoms with Crippen molar-refractivity contribution in [2.24, 2.45) is 0 Å². The van der Waals surface area contributed by atoms with E-state index < -0.39 is 0 Å². The van der Waals surface area contributed by atoms with E-state index in [0.29, 0.717) is 11.9 Å². The van der Waals surface area contributed by atoms with Gasteiger partial charge in [0.15, 0.2) is 0 Å². The Labute approximate surface area is 172 Å². The van der Waals surface area contributed by atoms with E-state index >= 15 is 0 Å². The molecule has 0 radical (unpaired) electrons. The number of aromatic nitrogens is 3. The van der Waals surface area contributed by atoms with Crippen molar-refractivity contribution in [1.82, 2.24) is 20.0 Å². The van der Waals surface area contributed by atoms with Crippen molar-refractivity contribution in [2.75, 3.05) is 43.2 Å². The van der Waals surface area contributed by atoms with Crippen LogP contribution in [0.15, 0.2) is 28.7 Å². The number of hydrogen-bond acceptors (Lipinski definition) is 7. The standard InChI is InChI=1S/C9H11BrN2O2.C7H12ClN5/c1-12(14-2)9(13)11-8-5-3-7(10)4-6-8;1-3-9-6-11-5(8)12-7(13-6)10-4-2/h3-6H,1-2H3,(H,11,13);3-4H2,1-2H3,(H2,9,10,11,12,13). The van der Waals surface area contributed by atoms with Crippen LogP contribution in [0.3, 0.4) is 0 Å². The lowest BCUT2D eigenvalue weighted by atomic mass is 10.3. The van der Waals surface area contributed by atoms with Gasteiger partial charge in [-0.15, -0.1) is 0 Å². The quantitative estimate of drug-likeness (QED) is 0.562. The number of rotatable bonds is 6. The van der Waals surface area contributed by atoms with Crippen molar-refractivity contribution in [3.8, 4) is 0 Å². The minimum Gasteiger partial charge on any atom is -0.354 e. The summed E-state index contributed by atoms with van der Waals surface area (Å²) in [5, 5.41) is 9.89.